The molecule has 1 aliphatic heterocycles. The normalized spacial score (nSPS) is 15.3. The lowest BCUT2D eigenvalue weighted by Gasteiger charge is -2.20. The number of furan rings is 1. The number of halogens is 1. The molecule has 37 heavy (non-hydrogen) atoms. The zero-order valence-electron chi connectivity index (χ0n) is 19.2. The molecular formula is C23H22ClN2O7S4+. The minimum absolute atomic E-state index is 0.198. The summed E-state index contributed by atoms with van der Waals surface area (Å²) >= 11 is 9.27. The highest BCUT2D eigenvalue weighted by molar-refractivity contribution is 8.04. The van der Waals surface area contributed by atoms with Gasteiger partial charge in [-0.3, -0.25) is 9.11 Å². The highest BCUT2D eigenvalue weighted by Gasteiger charge is 2.29. The van der Waals surface area contributed by atoms with Gasteiger partial charge < -0.3 is 9.32 Å². The monoisotopic (exact) mass is 601 g/mol. The number of hydrogen-bond donors (Lipinski definition) is 2. The SMILES string of the molecule is O=S(=O)(O)CCCN1C(=Cc2sc3ccc4ccoc4c3[n+]2CCCS(=O)(=O)O)Sc2ccc(Cl)cc21. The van der Waals surface area contributed by atoms with Gasteiger partial charge in [-0.25, -0.2) is 0 Å². The van der Waals surface area contributed by atoms with Crippen molar-refractivity contribution in [1.82, 2.24) is 0 Å². The zero-order chi connectivity index (χ0) is 26.4. The number of aryl methyl sites for hydroxylation is 1. The minimum Gasteiger partial charge on any atom is -0.457 e. The molecule has 0 fully saturated rings. The van der Waals surface area contributed by atoms with Gasteiger partial charge in [-0.1, -0.05) is 34.7 Å². The second kappa shape index (κ2) is 10.2. The molecule has 0 radical (unpaired) electrons. The van der Waals surface area contributed by atoms with E-state index >= 15 is 0 Å². The lowest BCUT2D eigenvalue weighted by molar-refractivity contribution is -0.668. The second-order valence-electron chi connectivity index (χ2n) is 8.47. The number of thioether (sulfide) groups is 1. The Morgan fingerprint density at radius 3 is 2.54 bits per heavy atom. The topological polar surface area (TPSA) is 129 Å². The standard InChI is InChI=1S/C23H21ClN2O7S4/c24-16-4-6-18-17(13-16)25(8-1-11-36(27,28)29)20(34-18)14-21-26(9-2-12-37(30,31)32)22-19(35-21)5-3-15-7-10-33-23(15)22/h3-7,10,13-14H,1-2,8-9,11-12H2,(H-,27,28,29,30,31,32)/p+1. The van der Waals surface area contributed by atoms with Gasteiger partial charge in [0.2, 0.25) is 5.58 Å². The molecule has 0 atom stereocenters. The molecule has 4 aromatic rings. The van der Waals surface area contributed by atoms with Gasteiger partial charge in [0.1, 0.15) is 4.70 Å². The maximum absolute atomic E-state index is 11.4. The van der Waals surface area contributed by atoms with Crippen LogP contribution in [0, 0.1) is 0 Å². The van der Waals surface area contributed by atoms with E-state index < -0.39 is 20.2 Å². The Morgan fingerprint density at radius 1 is 1.03 bits per heavy atom. The predicted octanol–water partition coefficient (Wildman–Crippen LogP) is 5.05. The first-order valence-electron chi connectivity index (χ1n) is 11.2. The summed E-state index contributed by atoms with van der Waals surface area (Å²) in [5.41, 5.74) is 2.35. The molecule has 3 heterocycles. The number of benzene rings is 2. The molecule has 9 nitrogen and oxygen atoms in total. The van der Waals surface area contributed by atoms with E-state index in [1.54, 1.807) is 12.3 Å². The van der Waals surface area contributed by atoms with Crippen molar-refractivity contribution in [2.45, 2.75) is 24.3 Å². The predicted molar refractivity (Wildman–Crippen MR) is 146 cm³/mol. The number of nitrogens with zero attached hydrogens (tertiary/aromatic N) is 2. The van der Waals surface area contributed by atoms with Gasteiger partial charge in [0.15, 0.2) is 6.54 Å². The average molecular weight is 602 g/mol. The van der Waals surface area contributed by atoms with Crippen molar-refractivity contribution in [1.29, 1.82) is 0 Å². The van der Waals surface area contributed by atoms with Crippen LogP contribution in [-0.2, 0) is 26.8 Å². The van der Waals surface area contributed by atoms with Crippen LogP contribution in [0.5, 0.6) is 0 Å². The molecule has 0 spiro atoms. The van der Waals surface area contributed by atoms with E-state index in [2.05, 4.69) is 0 Å². The lowest BCUT2D eigenvalue weighted by atomic mass is 10.2. The number of fused-ring (bicyclic) bond motifs is 4. The number of rotatable bonds is 9. The van der Waals surface area contributed by atoms with Gasteiger partial charge in [-0.05, 0) is 42.8 Å². The van der Waals surface area contributed by atoms with Crippen molar-refractivity contribution in [3.05, 3.63) is 57.7 Å². The maximum atomic E-state index is 11.4. The average Bonchev–Trinajstić information content (AvgIpc) is 3.48. The number of thiazole rings is 1. The van der Waals surface area contributed by atoms with E-state index in [1.165, 1.54) is 23.1 Å². The molecule has 0 aliphatic carbocycles. The Hall–Kier alpha value is -2.13. The first-order valence-corrected chi connectivity index (χ1v) is 16.4. The largest absolute Gasteiger partial charge is 0.457 e. The van der Waals surface area contributed by atoms with Gasteiger partial charge in [0, 0.05) is 28.3 Å². The summed E-state index contributed by atoms with van der Waals surface area (Å²) in [4.78, 5) is 2.92. The summed E-state index contributed by atoms with van der Waals surface area (Å²) in [6.45, 7) is 0.660. The molecule has 196 valence electrons. The van der Waals surface area contributed by atoms with Gasteiger partial charge in [0.25, 0.3) is 30.8 Å². The summed E-state index contributed by atoms with van der Waals surface area (Å²) in [7, 11) is -8.21. The van der Waals surface area contributed by atoms with Crippen LogP contribution in [0.1, 0.15) is 17.8 Å². The van der Waals surface area contributed by atoms with Crippen molar-refractivity contribution >= 4 is 87.9 Å². The van der Waals surface area contributed by atoms with Crippen LogP contribution < -0.4 is 9.47 Å². The molecule has 2 aromatic heterocycles. The van der Waals surface area contributed by atoms with Gasteiger partial charge >= 0.3 is 0 Å². The van der Waals surface area contributed by atoms with Crippen LogP contribution in [0.25, 0.3) is 27.3 Å². The zero-order valence-corrected chi connectivity index (χ0v) is 23.2. The fourth-order valence-corrected chi connectivity index (χ4v) is 7.73. The Bertz CT molecular complexity index is 1740. The molecule has 0 unspecified atom stereocenters. The van der Waals surface area contributed by atoms with Crippen molar-refractivity contribution in [2.75, 3.05) is 23.0 Å². The summed E-state index contributed by atoms with van der Waals surface area (Å²) < 4.78 is 72.5. The lowest BCUT2D eigenvalue weighted by Crippen LogP contribution is -2.36. The molecular weight excluding hydrogens is 580 g/mol. The van der Waals surface area contributed by atoms with Crippen molar-refractivity contribution < 1.29 is 34.9 Å². The molecule has 5 rings (SSSR count). The van der Waals surface area contributed by atoms with Crippen LogP contribution in [0.2, 0.25) is 5.02 Å². The summed E-state index contributed by atoms with van der Waals surface area (Å²) in [5, 5.41) is 3.12. The van der Waals surface area contributed by atoms with E-state index in [9.17, 15) is 25.9 Å². The molecule has 1 aliphatic rings. The molecule has 2 aromatic carbocycles. The summed E-state index contributed by atoms with van der Waals surface area (Å²) in [6, 6.07) is 11.3. The van der Waals surface area contributed by atoms with Gasteiger partial charge in [-0.15, -0.1) is 0 Å². The Labute approximate surface area is 226 Å². The first-order chi connectivity index (χ1) is 17.5. The smallest absolute Gasteiger partial charge is 0.267 e. The molecule has 0 bridgehead atoms. The van der Waals surface area contributed by atoms with E-state index in [0.717, 1.165) is 36.2 Å². The van der Waals surface area contributed by atoms with E-state index in [1.807, 2.05) is 45.9 Å². The quantitative estimate of drug-likeness (QED) is 0.200. The molecule has 0 saturated carbocycles. The third-order valence-corrected chi connectivity index (χ3v) is 9.87. The van der Waals surface area contributed by atoms with E-state index in [-0.39, 0.29) is 24.3 Å². The fraction of sp³-hybridized carbons (Fsp3) is 0.261. The third kappa shape index (κ3) is 5.98. The number of aromatic nitrogens is 1. The van der Waals surface area contributed by atoms with Gasteiger partial charge in [0.05, 0.1) is 34.6 Å². The second-order valence-corrected chi connectivity index (χ2v) is 14.2. The van der Waals surface area contributed by atoms with Crippen molar-refractivity contribution in [3.8, 4) is 0 Å². The molecule has 0 saturated heterocycles. The summed E-state index contributed by atoms with van der Waals surface area (Å²) in [6.07, 6.45) is 3.98. The minimum atomic E-state index is -4.11. The summed E-state index contributed by atoms with van der Waals surface area (Å²) in [5.74, 6) is -0.742. The van der Waals surface area contributed by atoms with E-state index in [4.69, 9.17) is 16.0 Å². The van der Waals surface area contributed by atoms with Crippen molar-refractivity contribution in [2.24, 2.45) is 0 Å². The third-order valence-electron chi connectivity index (χ3n) is 5.82. The van der Waals surface area contributed by atoms with Gasteiger partial charge in [-0.2, -0.15) is 21.4 Å². The molecule has 14 heteroatoms. The van der Waals surface area contributed by atoms with E-state index in [0.29, 0.717) is 23.7 Å². The number of hydrogen-bond acceptors (Lipinski definition) is 8. The Kier molecular flexibility index (Phi) is 7.31. The highest BCUT2D eigenvalue weighted by atomic mass is 35.5. The van der Waals surface area contributed by atoms with Crippen molar-refractivity contribution in [3.63, 3.8) is 0 Å². The Balaban J connectivity index is 1.58. The maximum Gasteiger partial charge on any atom is 0.267 e. The molecule has 0 amide bonds. The van der Waals surface area contributed by atoms with Crippen LogP contribution in [-0.4, -0.2) is 44.0 Å². The van der Waals surface area contributed by atoms with Crippen LogP contribution in [0.3, 0.4) is 0 Å². The highest BCUT2D eigenvalue weighted by Crippen LogP contribution is 2.48. The van der Waals surface area contributed by atoms with Crippen LogP contribution >= 0.6 is 34.7 Å². The Morgan fingerprint density at radius 2 is 1.78 bits per heavy atom. The van der Waals surface area contributed by atoms with Crippen LogP contribution in [0.15, 0.2) is 57.0 Å². The fourth-order valence-electron chi connectivity index (χ4n) is 4.27. The number of anilines is 1. The first kappa shape index (κ1) is 26.5. The van der Waals surface area contributed by atoms with Crippen LogP contribution in [0.4, 0.5) is 5.69 Å². The molecule has 2 N–H and O–H groups in total.